The first kappa shape index (κ1) is 13.9. The lowest BCUT2D eigenvalue weighted by Crippen LogP contribution is -2.52. The summed E-state index contributed by atoms with van der Waals surface area (Å²) in [4.78, 5) is 23.6. The number of amides is 2. The Morgan fingerprint density at radius 3 is 2.94 bits per heavy atom. The van der Waals surface area contributed by atoms with E-state index in [0.717, 1.165) is 12.8 Å². The Morgan fingerprint density at radius 2 is 2.41 bits per heavy atom. The highest BCUT2D eigenvalue weighted by Crippen LogP contribution is 2.09. The van der Waals surface area contributed by atoms with Crippen LogP contribution in [0.3, 0.4) is 0 Å². The molecule has 0 saturated carbocycles. The van der Waals surface area contributed by atoms with E-state index in [-0.39, 0.29) is 16.8 Å². The zero-order valence-electron chi connectivity index (χ0n) is 9.99. The van der Waals surface area contributed by atoms with Crippen molar-refractivity contribution < 1.29 is 9.59 Å². The van der Waals surface area contributed by atoms with Crippen LogP contribution in [0.15, 0.2) is 0 Å². The molecule has 0 bridgehead atoms. The Labute approximate surface area is 107 Å². The normalized spacial score (nSPS) is 21.5. The van der Waals surface area contributed by atoms with Gasteiger partial charge in [-0.1, -0.05) is 25.6 Å². The van der Waals surface area contributed by atoms with E-state index in [2.05, 4.69) is 10.6 Å². The Balaban J connectivity index is 2.56. The number of nitrogens with two attached hydrogens (primary N) is 1. The number of carbonyl (C=O) groups excluding carboxylic acids is 2. The van der Waals surface area contributed by atoms with Gasteiger partial charge in [-0.15, -0.1) is 0 Å². The second-order valence-electron chi connectivity index (χ2n) is 4.24. The molecule has 0 aliphatic carbocycles. The first-order valence-corrected chi connectivity index (χ1v) is 6.34. The maximum atomic E-state index is 11.9. The van der Waals surface area contributed by atoms with E-state index in [1.165, 1.54) is 0 Å². The van der Waals surface area contributed by atoms with Crippen molar-refractivity contribution in [2.45, 2.75) is 38.6 Å². The van der Waals surface area contributed by atoms with Crippen molar-refractivity contribution in [3.05, 3.63) is 0 Å². The maximum absolute atomic E-state index is 11.9. The SMILES string of the molecule is CCCC(C(=O)NC1CCCNC1=O)C(N)=S. The zero-order valence-corrected chi connectivity index (χ0v) is 10.8. The van der Waals surface area contributed by atoms with E-state index in [1.807, 2.05) is 6.92 Å². The van der Waals surface area contributed by atoms with E-state index in [1.54, 1.807) is 0 Å². The van der Waals surface area contributed by atoms with Gasteiger partial charge in [0, 0.05) is 6.54 Å². The minimum Gasteiger partial charge on any atom is -0.393 e. The average Bonchev–Trinajstić information content (AvgIpc) is 2.28. The molecule has 17 heavy (non-hydrogen) atoms. The highest BCUT2D eigenvalue weighted by atomic mass is 32.1. The minimum absolute atomic E-state index is 0.122. The summed E-state index contributed by atoms with van der Waals surface area (Å²) in [5.41, 5.74) is 5.53. The number of thiocarbonyl (C=S) groups is 1. The molecule has 0 aromatic carbocycles. The first-order chi connectivity index (χ1) is 8.06. The van der Waals surface area contributed by atoms with Crippen molar-refractivity contribution >= 4 is 29.0 Å². The predicted molar refractivity (Wildman–Crippen MR) is 69.4 cm³/mol. The summed E-state index contributed by atoms with van der Waals surface area (Å²) in [5.74, 6) is -0.825. The van der Waals surface area contributed by atoms with Crippen LogP contribution in [0, 0.1) is 5.92 Å². The van der Waals surface area contributed by atoms with Crippen LogP contribution in [-0.2, 0) is 9.59 Å². The lowest BCUT2D eigenvalue weighted by Gasteiger charge is -2.24. The standard InChI is InChI=1S/C11H19N3O2S/c1-2-4-7(9(12)17)10(15)14-8-5-3-6-13-11(8)16/h7-8H,2-6H2,1H3,(H2,12,17)(H,13,16)(H,14,15). The quantitative estimate of drug-likeness (QED) is 0.609. The monoisotopic (exact) mass is 257 g/mol. The molecule has 0 spiro atoms. The summed E-state index contributed by atoms with van der Waals surface area (Å²) < 4.78 is 0. The molecule has 0 radical (unpaired) electrons. The van der Waals surface area contributed by atoms with Gasteiger partial charge < -0.3 is 16.4 Å². The third kappa shape index (κ3) is 3.96. The second kappa shape index (κ2) is 6.54. The third-order valence-corrected chi connectivity index (χ3v) is 3.12. The molecule has 1 rings (SSSR count). The molecule has 96 valence electrons. The predicted octanol–water partition coefficient (Wildman–Crippen LogP) is 0.0836. The molecule has 1 aliphatic rings. The summed E-state index contributed by atoms with van der Waals surface area (Å²) in [5, 5.41) is 5.44. The third-order valence-electron chi connectivity index (χ3n) is 2.84. The van der Waals surface area contributed by atoms with E-state index < -0.39 is 12.0 Å². The maximum Gasteiger partial charge on any atom is 0.242 e. The van der Waals surface area contributed by atoms with Gasteiger partial charge in [0.15, 0.2) is 0 Å². The van der Waals surface area contributed by atoms with Gasteiger partial charge in [0.2, 0.25) is 11.8 Å². The van der Waals surface area contributed by atoms with Gasteiger partial charge in [-0.05, 0) is 19.3 Å². The van der Waals surface area contributed by atoms with Gasteiger partial charge in [0.1, 0.15) is 6.04 Å². The fourth-order valence-corrected chi connectivity index (χ4v) is 2.10. The molecular formula is C11H19N3O2S. The largest absolute Gasteiger partial charge is 0.393 e. The van der Waals surface area contributed by atoms with Gasteiger partial charge in [-0.25, -0.2) is 0 Å². The molecule has 5 nitrogen and oxygen atoms in total. The van der Waals surface area contributed by atoms with Crippen LogP contribution in [0.25, 0.3) is 0 Å². The molecule has 4 N–H and O–H groups in total. The van der Waals surface area contributed by atoms with Crippen molar-refractivity contribution in [3.8, 4) is 0 Å². The van der Waals surface area contributed by atoms with Crippen molar-refractivity contribution in [2.75, 3.05) is 6.54 Å². The van der Waals surface area contributed by atoms with Crippen molar-refractivity contribution in [1.29, 1.82) is 0 Å². The van der Waals surface area contributed by atoms with Crippen LogP contribution in [-0.4, -0.2) is 29.4 Å². The van der Waals surface area contributed by atoms with Crippen LogP contribution in [0.5, 0.6) is 0 Å². The lowest BCUT2D eigenvalue weighted by atomic mass is 10.0. The van der Waals surface area contributed by atoms with Gasteiger partial charge in [-0.2, -0.15) is 0 Å². The highest BCUT2D eigenvalue weighted by molar-refractivity contribution is 7.80. The van der Waals surface area contributed by atoms with Gasteiger partial charge in [0.25, 0.3) is 0 Å². The molecule has 1 heterocycles. The number of rotatable bonds is 5. The summed E-state index contributed by atoms with van der Waals surface area (Å²) in [7, 11) is 0. The minimum atomic E-state index is -0.468. The molecular weight excluding hydrogens is 238 g/mol. The zero-order chi connectivity index (χ0) is 12.8. The fraction of sp³-hybridized carbons (Fsp3) is 0.727. The molecule has 2 atom stereocenters. The number of nitrogens with one attached hydrogen (secondary N) is 2. The van der Waals surface area contributed by atoms with E-state index in [4.69, 9.17) is 18.0 Å². The molecule has 0 aromatic heterocycles. The van der Waals surface area contributed by atoms with Crippen LogP contribution in [0.1, 0.15) is 32.6 Å². The van der Waals surface area contributed by atoms with E-state index >= 15 is 0 Å². The molecule has 1 aliphatic heterocycles. The number of hydrogen-bond donors (Lipinski definition) is 3. The second-order valence-corrected chi connectivity index (χ2v) is 4.71. The van der Waals surface area contributed by atoms with Crippen LogP contribution in [0.2, 0.25) is 0 Å². The summed E-state index contributed by atoms with van der Waals surface area (Å²) in [6, 6.07) is -0.440. The Morgan fingerprint density at radius 1 is 1.71 bits per heavy atom. The van der Waals surface area contributed by atoms with Crippen molar-refractivity contribution in [3.63, 3.8) is 0 Å². The topological polar surface area (TPSA) is 84.2 Å². The Bertz CT molecular complexity index is 320. The number of hydrogen-bond acceptors (Lipinski definition) is 3. The van der Waals surface area contributed by atoms with Gasteiger partial charge >= 0.3 is 0 Å². The molecule has 1 saturated heterocycles. The van der Waals surface area contributed by atoms with Gasteiger partial charge in [-0.3, -0.25) is 9.59 Å². The van der Waals surface area contributed by atoms with Crippen LogP contribution >= 0.6 is 12.2 Å². The van der Waals surface area contributed by atoms with Gasteiger partial charge in [0.05, 0.1) is 10.9 Å². The van der Waals surface area contributed by atoms with Crippen LogP contribution < -0.4 is 16.4 Å². The van der Waals surface area contributed by atoms with E-state index in [9.17, 15) is 9.59 Å². The lowest BCUT2D eigenvalue weighted by molar-refractivity contribution is -0.131. The average molecular weight is 257 g/mol. The first-order valence-electron chi connectivity index (χ1n) is 5.93. The van der Waals surface area contributed by atoms with Crippen LogP contribution in [0.4, 0.5) is 0 Å². The molecule has 2 amide bonds. The number of piperidine rings is 1. The Kier molecular flexibility index (Phi) is 5.34. The summed E-state index contributed by atoms with van der Waals surface area (Å²) in [6.45, 7) is 2.64. The summed E-state index contributed by atoms with van der Waals surface area (Å²) >= 11 is 4.87. The van der Waals surface area contributed by atoms with Crippen molar-refractivity contribution in [1.82, 2.24) is 10.6 Å². The molecule has 6 heteroatoms. The molecule has 2 unspecified atom stereocenters. The smallest absolute Gasteiger partial charge is 0.242 e. The van der Waals surface area contributed by atoms with E-state index in [0.29, 0.717) is 19.4 Å². The Hall–Kier alpha value is -1.17. The molecule has 1 fully saturated rings. The van der Waals surface area contributed by atoms with Crippen molar-refractivity contribution in [2.24, 2.45) is 11.7 Å². The molecule has 0 aromatic rings. The fourth-order valence-electron chi connectivity index (χ4n) is 1.87. The number of carbonyl (C=O) groups is 2. The summed E-state index contributed by atoms with van der Waals surface area (Å²) in [6.07, 6.45) is 3.00. The highest BCUT2D eigenvalue weighted by Gasteiger charge is 2.27.